The number of nitrogens with two attached hydrogens (primary N) is 4. The summed E-state index contributed by atoms with van der Waals surface area (Å²) in [6, 6.07) is 23.7. The monoisotopic (exact) mass is 836 g/mol. The van der Waals surface area contributed by atoms with Crippen molar-refractivity contribution in [1.82, 2.24) is 15.0 Å². The number of rotatable bonds is 11. The predicted molar refractivity (Wildman–Crippen MR) is 216 cm³/mol. The largest absolute Gasteiger partial charge is 0.478 e. The standard InChI is InChI=1S/C17H20N8O.C10H9NO6S2.C8H7NO4/c18-11-1-5-13(6-2-11)21-16-23-15(20-9-10-26)24-17(25-16)22-14-7-3-12(19)4-8-14;11-6-4-8-7(10(5-6)19(15,16)17)2-1-3-9(8)18(12,13)14;9-6-2-4(7(10)11)1-5(3-6)8(12)13/h1-8,26H,9-10,18-19H2,(H3,20,21,22,23,24,25);1-5H,11H2,(H,12,13,14)(H,15,16,17);1-3H,9H2,(H,10,11)(H,12,13). The Labute approximate surface area is 329 Å². The first kappa shape index (κ1) is 43.4. The molecule has 0 atom stereocenters. The highest BCUT2D eigenvalue weighted by atomic mass is 32.2. The molecule has 0 aliphatic carbocycles. The van der Waals surface area contributed by atoms with Crippen LogP contribution in [0.25, 0.3) is 10.8 Å². The van der Waals surface area contributed by atoms with Crippen molar-refractivity contribution < 1.29 is 50.8 Å². The molecule has 0 saturated carbocycles. The molecule has 1 aromatic heterocycles. The number of aliphatic hydroxyl groups is 1. The van der Waals surface area contributed by atoms with Gasteiger partial charge in [0.1, 0.15) is 9.79 Å². The van der Waals surface area contributed by atoms with Crippen molar-refractivity contribution in [2.24, 2.45) is 0 Å². The Kier molecular flexibility index (Phi) is 13.9. The third-order valence-electron chi connectivity index (χ3n) is 7.31. The Bertz CT molecular complexity index is 2570. The fraction of sp³-hybridized carbons (Fsp3) is 0.0571. The lowest BCUT2D eigenvalue weighted by atomic mass is 10.1. The number of nitrogen functional groups attached to an aromatic ring is 4. The number of carbonyl (C=O) groups is 2. The molecule has 0 bridgehead atoms. The average Bonchev–Trinajstić information content (AvgIpc) is 3.14. The molecule has 0 amide bonds. The normalized spacial score (nSPS) is 10.9. The van der Waals surface area contributed by atoms with Crippen molar-refractivity contribution in [2.45, 2.75) is 9.79 Å². The first-order valence-corrected chi connectivity index (χ1v) is 19.1. The predicted octanol–water partition coefficient (Wildman–Crippen LogP) is 3.51. The molecule has 304 valence electrons. The van der Waals surface area contributed by atoms with Crippen LogP contribution in [-0.4, -0.2) is 81.3 Å². The second kappa shape index (κ2) is 18.5. The fourth-order valence-corrected chi connectivity index (χ4v) is 6.25. The summed E-state index contributed by atoms with van der Waals surface area (Å²) < 4.78 is 63.1. The summed E-state index contributed by atoms with van der Waals surface area (Å²) in [5.41, 5.74) is 24.9. The molecule has 0 radical (unpaired) electrons. The van der Waals surface area contributed by atoms with Crippen LogP contribution in [0.3, 0.4) is 0 Å². The van der Waals surface area contributed by atoms with Crippen molar-refractivity contribution in [3.63, 3.8) is 0 Å². The lowest BCUT2D eigenvalue weighted by Crippen LogP contribution is -2.12. The van der Waals surface area contributed by atoms with Crippen molar-refractivity contribution in [1.29, 1.82) is 0 Å². The zero-order valence-corrected chi connectivity index (χ0v) is 31.4. The van der Waals surface area contributed by atoms with Crippen LogP contribution < -0.4 is 38.9 Å². The maximum absolute atomic E-state index is 11.2. The van der Waals surface area contributed by atoms with E-state index < -0.39 is 42.0 Å². The minimum absolute atomic E-state index is 0.0346. The van der Waals surface area contributed by atoms with Gasteiger partial charge in [-0.2, -0.15) is 31.8 Å². The van der Waals surface area contributed by atoms with E-state index in [1.807, 2.05) is 24.3 Å². The number of hydrogen-bond donors (Lipinski definition) is 12. The Morgan fingerprint density at radius 3 is 1.43 bits per heavy atom. The number of fused-ring (bicyclic) bond motifs is 1. The first-order chi connectivity index (χ1) is 27.2. The van der Waals surface area contributed by atoms with Gasteiger partial charge in [-0.25, -0.2) is 9.59 Å². The second-order valence-electron chi connectivity index (χ2n) is 11.7. The molecule has 6 rings (SSSR count). The zero-order chi connectivity index (χ0) is 42.8. The van der Waals surface area contributed by atoms with E-state index in [2.05, 4.69) is 30.9 Å². The lowest BCUT2D eigenvalue weighted by molar-refractivity contribution is 0.0696. The van der Waals surface area contributed by atoms with Gasteiger partial charge in [-0.15, -0.1) is 0 Å². The zero-order valence-electron chi connectivity index (χ0n) is 29.8. The van der Waals surface area contributed by atoms with Crippen LogP contribution in [0, 0.1) is 0 Å². The molecule has 0 unspecified atom stereocenters. The molecule has 58 heavy (non-hydrogen) atoms. The first-order valence-electron chi connectivity index (χ1n) is 16.2. The lowest BCUT2D eigenvalue weighted by Gasteiger charge is -2.11. The van der Waals surface area contributed by atoms with Gasteiger partial charge in [-0.1, -0.05) is 12.1 Å². The summed E-state index contributed by atoms with van der Waals surface area (Å²) in [7, 11) is -9.11. The summed E-state index contributed by atoms with van der Waals surface area (Å²) >= 11 is 0. The molecular formula is C35H36N10O11S2. The van der Waals surface area contributed by atoms with Gasteiger partial charge < -0.3 is 54.2 Å². The van der Waals surface area contributed by atoms with Crippen molar-refractivity contribution >= 4 is 94.9 Å². The van der Waals surface area contributed by atoms with E-state index in [-0.39, 0.29) is 39.9 Å². The topological polar surface area (TPSA) is 382 Å². The molecule has 0 aliphatic heterocycles. The van der Waals surface area contributed by atoms with Crippen LogP contribution in [0.4, 0.5) is 52.0 Å². The van der Waals surface area contributed by atoms with E-state index in [0.29, 0.717) is 35.8 Å². The van der Waals surface area contributed by atoms with Gasteiger partial charge in [0.15, 0.2) is 0 Å². The molecule has 23 heteroatoms. The number of carboxylic acids is 2. The number of benzene rings is 5. The van der Waals surface area contributed by atoms with E-state index in [0.717, 1.165) is 29.6 Å². The molecule has 5 aromatic carbocycles. The smallest absolute Gasteiger partial charge is 0.335 e. The number of aromatic carboxylic acids is 2. The number of aromatic nitrogens is 3. The Morgan fingerprint density at radius 1 is 0.552 bits per heavy atom. The van der Waals surface area contributed by atoms with Gasteiger partial charge >= 0.3 is 11.9 Å². The Morgan fingerprint density at radius 2 is 1.00 bits per heavy atom. The highest BCUT2D eigenvalue weighted by molar-refractivity contribution is 7.86. The highest BCUT2D eigenvalue weighted by Crippen LogP contribution is 2.31. The molecule has 21 nitrogen and oxygen atoms in total. The number of anilines is 9. The van der Waals surface area contributed by atoms with Crippen LogP contribution in [0.5, 0.6) is 0 Å². The third-order valence-corrected chi connectivity index (χ3v) is 9.11. The van der Waals surface area contributed by atoms with Gasteiger partial charge in [0, 0.05) is 51.4 Å². The fourth-order valence-electron chi connectivity index (χ4n) is 4.81. The van der Waals surface area contributed by atoms with E-state index in [4.69, 9.17) is 47.4 Å². The van der Waals surface area contributed by atoms with Crippen LogP contribution in [0.2, 0.25) is 0 Å². The maximum atomic E-state index is 11.2. The molecule has 0 saturated heterocycles. The van der Waals surface area contributed by atoms with E-state index in [1.165, 1.54) is 30.3 Å². The molecule has 0 aliphatic rings. The molecule has 1 heterocycles. The summed E-state index contributed by atoms with van der Waals surface area (Å²) in [4.78, 5) is 32.9. The average molecular weight is 837 g/mol. The second-order valence-corrected chi connectivity index (χ2v) is 14.5. The number of nitrogens with one attached hydrogen (secondary N) is 3. The molecule has 0 spiro atoms. The van der Waals surface area contributed by atoms with E-state index in [1.54, 1.807) is 24.3 Å². The van der Waals surface area contributed by atoms with Gasteiger partial charge in [0.25, 0.3) is 20.2 Å². The van der Waals surface area contributed by atoms with Crippen molar-refractivity contribution in [3.05, 3.63) is 108 Å². The summed E-state index contributed by atoms with van der Waals surface area (Å²) in [5, 5.41) is 35.1. The molecule has 16 N–H and O–H groups in total. The van der Waals surface area contributed by atoms with Crippen molar-refractivity contribution in [2.75, 3.05) is 52.0 Å². The Hall–Kier alpha value is -7.31. The van der Waals surface area contributed by atoms with Crippen LogP contribution in [0.15, 0.2) is 107 Å². The third kappa shape index (κ3) is 12.4. The quantitative estimate of drug-likeness (QED) is 0.0656. The minimum Gasteiger partial charge on any atom is -0.478 e. The molecule has 6 aromatic rings. The number of nitrogens with zero attached hydrogens (tertiary/aromatic N) is 3. The summed E-state index contributed by atoms with van der Waals surface area (Å²) in [5.74, 6) is -1.36. The van der Waals surface area contributed by atoms with Gasteiger partial charge in [0.05, 0.1) is 17.7 Å². The summed E-state index contributed by atoms with van der Waals surface area (Å²) in [6.45, 7) is 0.291. The van der Waals surface area contributed by atoms with E-state index in [9.17, 15) is 26.4 Å². The molecular weight excluding hydrogens is 801 g/mol. The van der Waals surface area contributed by atoms with Crippen LogP contribution in [0.1, 0.15) is 20.7 Å². The van der Waals surface area contributed by atoms with Gasteiger partial charge in [-0.3, -0.25) is 9.11 Å². The summed E-state index contributed by atoms with van der Waals surface area (Å²) in [6.07, 6.45) is 0. The Balaban J connectivity index is 0.000000205. The molecule has 0 fully saturated rings. The highest BCUT2D eigenvalue weighted by Gasteiger charge is 2.20. The number of carboxylic acid groups (broad SMARTS) is 2. The minimum atomic E-state index is -4.57. The van der Waals surface area contributed by atoms with E-state index >= 15 is 0 Å². The number of hydrogen-bond acceptors (Lipinski definition) is 17. The van der Waals surface area contributed by atoms with Gasteiger partial charge in [-0.05, 0) is 84.9 Å². The number of aliphatic hydroxyl groups excluding tert-OH is 1. The van der Waals surface area contributed by atoms with Crippen LogP contribution >= 0.6 is 0 Å². The van der Waals surface area contributed by atoms with Gasteiger partial charge in [0.2, 0.25) is 17.8 Å². The van der Waals surface area contributed by atoms with Crippen molar-refractivity contribution in [3.8, 4) is 0 Å². The van der Waals surface area contributed by atoms with Crippen LogP contribution in [-0.2, 0) is 20.2 Å². The SMILES string of the molecule is Nc1cc(C(=O)O)cc(C(=O)O)c1.Nc1cc(S(=O)(=O)O)c2cccc(S(=O)(=O)O)c2c1.Nc1ccc(Nc2nc(NCCO)nc(Nc3ccc(N)cc3)n2)cc1. The maximum Gasteiger partial charge on any atom is 0.335 e.